The van der Waals surface area contributed by atoms with Gasteiger partial charge in [0.1, 0.15) is 0 Å². The standard InChI is InChI=1S/C15H20N4O3/c1-4-5-11-8-13(20)17-15(16-11)19-10(3)12(9(2)18-19)6-7-14(21)22/h8H,4-7H2,1-3H3,(H,21,22)(H,16,17,20). The van der Waals surface area contributed by atoms with Gasteiger partial charge in [-0.15, -0.1) is 0 Å². The van der Waals surface area contributed by atoms with Crippen LogP contribution in [0.1, 0.15) is 42.4 Å². The summed E-state index contributed by atoms with van der Waals surface area (Å²) in [6, 6.07) is 1.49. The highest BCUT2D eigenvalue weighted by molar-refractivity contribution is 5.67. The minimum absolute atomic E-state index is 0.0488. The average molecular weight is 304 g/mol. The van der Waals surface area contributed by atoms with Crippen LogP contribution in [-0.4, -0.2) is 30.8 Å². The maximum Gasteiger partial charge on any atom is 0.303 e. The molecular weight excluding hydrogens is 284 g/mol. The second-order valence-electron chi connectivity index (χ2n) is 5.27. The zero-order valence-electron chi connectivity index (χ0n) is 13.0. The number of aryl methyl sites for hydroxylation is 2. The number of aromatic nitrogens is 4. The smallest absolute Gasteiger partial charge is 0.303 e. The van der Waals surface area contributed by atoms with Gasteiger partial charge in [0, 0.05) is 23.9 Å². The molecule has 0 amide bonds. The lowest BCUT2D eigenvalue weighted by Gasteiger charge is -2.06. The van der Waals surface area contributed by atoms with E-state index in [0.717, 1.165) is 35.5 Å². The molecular formula is C15H20N4O3. The Kier molecular flexibility index (Phi) is 4.75. The van der Waals surface area contributed by atoms with Crippen LogP contribution in [0, 0.1) is 13.8 Å². The van der Waals surface area contributed by atoms with Crippen molar-refractivity contribution in [2.24, 2.45) is 0 Å². The molecule has 0 saturated carbocycles. The van der Waals surface area contributed by atoms with E-state index in [2.05, 4.69) is 15.1 Å². The number of nitrogens with one attached hydrogen (secondary N) is 1. The summed E-state index contributed by atoms with van der Waals surface area (Å²) in [7, 11) is 0. The van der Waals surface area contributed by atoms with Crippen molar-refractivity contribution >= 4 is 5.97 Å². The molecule has 2 heterocycles. The van der Waals surface area contributed by atoms with Crippen molar-refractivity contribution in [3.05, 3.63) is 39.1 Å². The quantitative estimate of drug-likeness (QED) is 0.843. The topological polar surface area (TPSA) is 101 Å². The molecule has 0 fully saturated rings. The summed E-state index contributed by atoms with van der Waals surface area (Å²) >= 11 is 0. The highest BCUT2D eigenvalue weighted by Crippen LogP contribution is 2.17. The van der Waals surface area contributed by atoms with Gasteiger partial charge in [0.2, 0.25) is 5.95 Å². The van der Waals surface area contributed by atoms with Gasteiger partial charge in [-0.1, -0.05) is 13.3 Å². The van der Waals surface area contributed by atoms with Crippen molar-refractivity contribution in [3.8, 4) is 5.95 Å². The van der Waals surface area contributed by atoms with Crippen LogP contribution in [0.4, 0.5) is 0 Å². The summed E-state index contributed by atoms with van der Waals surface area (Å²) in [4.78, 5) is 29.6. The molecule has 22 heavy (non-hydrogen) atoms. The minimum Gasteiger partial charge on any atom is -0.481 e. The van der Waals surface area contributed by atoms with Gasteiger partial charge >= 0.3 is 5.97 Å². The first-order valence-corrected chi connectivity index (χ1v) is 7.30. The Morgan fingerprint density at radius 2 is 2.09 bits per heavy atom. The van der Waals surface area contributed by atoms with Crippen LogP contribution in [-0.2, 0) is 17.6 Å². The Hall–Kier alpha value is -2.44. The maximum atomic E-state index is 11.8. The summed E-state index contributed by atoms with van der Waals surface area (Å²) in [6.45, 7) is 5.70. The van der Waals surface area contributed by atoms with Crippen LogP contribution < -0.4 is 5.56 Å². The van der Waals surface area contributed by atoms with Gasteiger partial charge in [-0.25, -0.2) is 9.67 Å². The summed E-state index contributed by atoms with van der Waals surface area (Å²) < 4.78 is 1.58. The molecule has 0 atom stereocenters. The molecule has 0 unspecified atom stereocenters. The van der Waals surface area contributed by atoms with Gasteiger partial charge in [-0.05, 0) is 32.3 Å². The molecule has 0 aliphatic heterocycles. The Morgan fingerprint density at radius 1 is 1.36 bits per heavy atom. The largest absolute Gasteiger partial charge is 0.481 e. The predicted octanol–water partition coefficient (Wildman–Crippen LogP) is 1.54. The molecule has 0 spiro atoms. The van der Waals surface area contributed by atoms with Crippen LogP contribution in [0.15, 0.2) is 10.9 Å². The first kappa shape index (κ1) is 15.9. The highest BCUT2D eigenvalue weighted by atomic mass is 16.4. The fraction of sp³-hybridized carbons (Fsp3) is 0.467. The number of carboxylic acid groups (broad SMARTS) is 1. The fourth-order valence-corrected chi connectivity index (χ4v) is 2.45. The highest BCUT2D eigenvalue weighted by Gasteiger charge is 2.15. The van der Waals surface area contributed by atoms with Crippen molar-refractivity contribution in [1.82, 2.24) is 19.7 Å². The Morgan fingerprint density at radius 3 is 2.73 bits per heavy atom. The molecule has 0 aliphatic rings. The first-order valence-electron chi connectivity index (χ1n) is 7.30. The Labute approximate surface area is 128 Å². The van der Waals surface area contributed by atoms with E-state index in [4.69, 9.17) is 5.11 Å². The Bertz CT molecular complexity index is 746. The molecule has 2 aromatic heterocycles. The van der Waals surface area contributed by atoms with E-state index in [1.165, 1.54) is 6.07 Å². The monoisotopic (exact) mass is 304 g/mol. The van der Waals surface area contributed by atoms with E-state index in [-0.39, 0.29) is 12.0 Å². The normalized spacial score (nSPS) is 10.9. The second-order valence-corrected chi connectivity index (χ2v) is 5.27. The van der Waals surface area contributed by atoms with E-state index >= 15 is 0 Å². The lowest BCUT2D eigenvalue weighted by molar-refractivity contribution is -0.136. The lowest BCUT2D eigenvalue weighted by Crippen LogP contribution is -2.16. The van der Waals surface area contributed by atoms with Gasteiger partial charge in [0.05, 0.1) is 5.69 Å². The van der Waals surface area contributed by atoms with Gasteiger partial charge < -0.3 is 5.11 Å². The number of aromatic amines is 1. The third kappa shape index (κ3) is 3.41. The molecule has 0 radical (unpaired) electrons. The van der Waals surface area contributed by atoms with Crippen molar-refractivity contribution in [2.75, 3.05) is 0 Å². The number of hydrogen-bond donors (Lipinski definition) is 2. The molecule has 7 heteroatoms. The third-order valence-corrected chi connectivity index (χ3v) is 3.52. The number of hydrogen-bond acceptors (Lipinski definition) is 4. The van der Waals surface area contributed by atoms with Crippen molar-refractivity contribution in [3.63, 3.8) is 0 Å². The SMILES string of the molecule is CCCc1cc(=O)[nH]c(-n2nc(C)c(CCC(=O)O)c2C)n1. The summed E-state index contributed by atoms with van der Waals surface area (Å²) in [5, 5.41) is 13.2. The van der Waals surface area contributed by atoms with Gasteiger partial charge in [0.15, 0.2) is 0 Å². The minimum atomic E-state index is -0.844. The zero-order valence-corrected chi connectivity index (χ0v) is 13.0. The van der Waals surface area contributed by atoms with Crippen LogP contribution >= 0.6 is 0 Å². The van der Waals surface area contributed by atoms with Gasteiger partial charge in [-0.2, -0.15) is 5.10 Å². The maximum absolute atomic E-state index is 11.8. The Balaban J connectivity index is 2.43. The van der Waals surface area contributed by atoms with Crippen LogP contribution in [0.3, 0.4) is 0 Å². The summed E-state index contributed by atoms with van der Waals surface area (Å²) in [6.07, 6.45) is 2.08. The molecule has 0 aromatic carbocycles. The van der Waals surface area contributed by atoms with Gasteiger partial charge in [-0.3, -0.25) is 14.6 Å². The molecule has 2 N–H and O–H groups in total. The predicted molar refractivity (Wildman–Crippen MR) is 81.4 cm³/mol. The number of nitrogens with zero attached hydrogens (tertiary/aromatic N) is 3. The number of carbonyl (C=O) groups is 1. The van der Waals surface area contributed by atoms with Crippen molar-refractivity contribution < 1.29 is 9.90 Å². The molecule has 7 nitrogen and oxygen atoms in total. The number of carboxylic acids is 1. The third-order valence-electron chi connectivity index (χ3n) is 3.52. The van der Waals surface area contributed by atoms with Gasteiger partial charge in [0.25, 0.3) is 5.56 Å². The molecule has 0 bridgehead atoms. The van der Waals surface area contributed by atoms with Crippen molar-refractivity contribution in [2.45, 2.75) is 46.5 Å². The first-order chi connectivity index (χ1) is 10.4. The van der Waals surface area contributed by atoms with Crippen molar-refractivity contribution in [1.29, 1.82) is 0 Å². The van der Waals surface area contributed by atoms with E-state index < -0.39 is 5.97 Å². The molecule has 0 saturated heterocycles. The van der Waals surface area contributed by atoms with E-state index in [0.29, 0.717) is 12.4 Å². The second kappa shape index (κ2) is 6.55. The average Bonchev–Trinajstić information content (AvgIpc) is 2.71. The summed E-state index contributed by atoms with van der Waals surface area (Å²) in [5.41, 5.74) is 2.94. The molecule has 118 valence electrons. The van der Waals surface area contributed by atoms with E-state index in [1.807, 2.05) is 20.8 Å². The van der Waals surface area contributed by atoms with Crippen LogP contribution in [0.5, 0.6) is 0 Å². The summed E-state index contributed by atoms with van der Waals surface area (Å²) in [5.74, 6) is -0.471. The van der Waals surface area contributed by atoms with E-state index in [9.17, 15) is 9.59 Å². The molecule has 0 aliphatic carbocycles. The van der Waals surface area contributed by atoms with Crippen LogP contribution in [0.25, 0.3) is 5.95 Å². The molecule has 2 aromatic rings. The van der Waals surface area contributed by atoms with Crippen LogP contribution in [0.2, 0.25) is 0 Å². The molecule has 2 rings (SSSR count). The van der Waals surface area contributed by atoms with E-state index in [1.54, 1.807) is 4.68 Å². The fourth-order valence-electron chi connectivity index (χ4n) is 2.45. The zero-order chi connectivity index (χ0) is 16.3. The number of rotatable bonds is 6. The number of aliphatic carboxylic acids is 1. The number of H-pyrrole nitrogens is 1. The lowest BCUT2D eigenvalue weighted by atomic mass is 10.1.